The summed E-state index contributed by atoms with van der Waals surface area (Å²) in [7, 11) is 0. The van der Waals surface area contributed by atoms with Crippen molar-refractivity contribution in [2.75, 3.05) is 5.32 Å². The maximum atomic E-state index is 6.08. The van der Waals surface area contributed by atoms with Gasteiger partial charge in [-0.05, 0) is 30.3 Å². The number of rotatable bonds is 6. The Morgan fingerprint density at radius 1 is 1.17 bits per heavy atom. The monoisotopic (exact) mass is 329 g/mol. The number of para-hydroxylation sites is 1. The third kappa shape index (κ3) is 4.02. The normalized spacial score (nSPS) is 10.5. The molecule has 0 aliphatic carbocycles. The number of nitrogens with one attached hydrogen (secondary N) is 1. The fourth-order valence-electron chi connectivity index (χ4n) is 2.02. The Morgan fingerprint density at radius 2 is 2.00 bits per heavy atom. The molecule has 0 atom stereocenters. The summed E-state index contributed by atoms with van der Waals surface area (Å²) in [5.74, 6) is 2.64. The third-order valence-corrected chi connectivity index (χ3v) is 3.40. The van der Waals surface area contributed by atoms with Gasteiger partial charge in [0.2, 0.25) is 5.89 Å². The van der Waals surface area contributed by atoms with Crippen molar-refractivity contribution in [2.24, 2.45) is 0 Å². The molecule has 0 saturated carbocycles. The van der Waals surface area contributed by atoms with Crippen LogP contribution in [-0.4, -0.2) is 10.1 Å². The second-order valence-electron chi connectivity index (χ2n) is 4.87. The Morgan fingerprint density at radius 3 is 2.74 bits per heavy atom. The molecule has 6 heteroatoms. The van der Waals surface area contributed by atoms with E-state index < -0.39 is 0 Å². The van der Waals surface area contributed by atoms with Gasteiger partial charge >= 0.3 is 0 Å². The van der Waals surface area contributed by atoms with Gasteiger partial charge in [0.15, 0.2) is 11.6 Å². The molecule has 0 bridgehead atoms. The molecule has 5 nitrogen and oxygen atoms in total. The van der Waals surface area contributed by atoms with Gasteiger partial charge in [0.25, 0.3) is 0 Å². The lowest BCUT2D eigenvalue weighted by atomic mass is 10.2. The van der Waals surface area contributed by atoms with Crippen molar-refractivity contribution in [3.05, 3.63) is 65.3 Å². The first-order valence-electron chi connectivity index (χ1n) is 7.32. The molecule has 0 radical (unpaired) electrons. The Balaban J connectivity index is 1.76. The van der Waals surface area contributed by atoms with Gasteiger partial charge in [-0.3, -0.25) is 0 Å². The van der Waals surface area contributed by atoms with Gasteiger partial charge < -0.3 is 14.6 Å². The van der Waals surface area contributed by atoms with Crippen LogP contribution in [0.1, 0.15) is 18.6 Å². The van der Waals surface area contributed by atoms with Crippen LogP contribution >= 0.6 is 11.6 Å². The topological polar surface area (TPSA) is 60.2 Å². The second kappa shape index (κ2) is 7.15. The molecular weight excluding hydrogens is 314 g/mol. The van der Waals surface area contributed by atoms with E-state index in [-0.39, 0.29) is 0 Å². The van der Waals surface area contributed by atoms with Gasteiger partial charge in [0, 0.05) is 11.4 Å². The maximum absolute atomic E-state index is 6.08. The molecule has 118 valence electrons. The van der Waals surface area contributed by atoms with E-state index >= 15 is 0 Å². The molecule has 0 unspecified atom stereocenters. The summed E-state index contributed by atoms with van der Waals surface area (Å²) in [6, 6.07) is 15.0. The zero-order chi connectivity index (χ0) is 16.1. The van der Waals surface area contributed by atoms with Crippen LogP contribution in [0, 0.1) is 0 Å². The van der Waals surface area contributed by atoms with Crippen LogP contribution in [0.25, 0.3) is 0 Å². The van der Waals surface area contributed by atoms with Crippen LogP contribution in [0.15, 0.2) is 53.1 Å². The first kappa shape index (κ1) is 15.4. The van der Waals surface area contributed by atoms with E-state index in [2.05, 4.69) is 15.5 Å². The molecule has 0 spiro atoms. The summed E-state index contributed by atoms with van der Waals surface area (Å²) in [6.07, 6.45) is 0.739. The summed E-state index contributed by atoms with van der Waals surface area (Å²) < 4.78 is 11.1. The molecule has 0 aliphatic heterocycles. The van der Waals surface area contributed by atoms with Gasteiger partial charge in [-0.25, -0.2) is 0 Å². The van der Waals surface area contributed by atoms with Crippen molar-refractivity contribution in [3.63, 3.8) is 0 Å². The number of halogens is 1. The Bertz CT molecular complexity index is 775. The molecule has 2 aromatic carbocycles. The van der Waals surface area contributed by atoms with E-state index in [0.717, 1.165) is 17.9 Å². The number of anilines is 1. The van der Waals surface area contributed by atoms with Crippen LogP contribution < -0.4 is 10.1 Å². The van der Waals surface area contributed by atoms with Gasteiger partial charge in [-0.2, -0.15) is 4.98 Å². The average Bonchev–Trinajstić information content (AvgIpc) is 3.04. The van der Waals surface area contributed by atoms with Gasteiger partial charge in [0.1, 0.15) is 5.75 Å². The first-order valence-corrected chi connectivity index (χ1v) is 7.70. The smallest absolute Gasteiger partial charge is 0.245 e. The summed E-state index contributed by atoms with van der Waals surface area (Å²) in [4.78, 5) is 4.27. The summed E-state index contributed by atoms with van der Waals surface area (Å²) in [6.45, 7) is 2.38. The molecule has 3 aromatic rings. The highest BCUT2D eigenvalue weighted by molar-refractivity contribution is 6.30. The molecule has 0 aliphatic rings. The van der Waals surface area contributed by atoms with Crippen LogP contribution in [0.3, 0.4) is 0 Å². The fourth-order valence-corrected chi connectivity index (χ4v) is 2.19. The van der Waals surface area contributed by atoms with Crippen molar-refractivity contribution in [3.8, 4) is 11.5 Å². The number of ether oxygens (including phenoxy) is 1. The number of hydrogen-bond donors (Lipinski definition) is 1. The minimum Gasteiger partial charge on any atom is -0.455 e. The molecule has 0 saturated heterocycles. The molecule has 0 fully saturated rings. The first-order chi connectivity index (χ1) is 11.2. The fraction of sp³-hybridized carbons (Fsp3) is 0.176. The molecule has 3 rings (SSSR count). The van der Waals surface area contributed by atoms with E-state index in [0.29, 0.717) is 29.0 Å². The Hall–Kier alpha value is -2.53. The zero-order valence-electron chi connectivity index (χ0n) is 12.6. The van der Waals surface area contributed by atoms with Crippen molar-refractivity contribution in [1.29, 1.82) is 0 Å². The van der Waals surface area contributed by atoms with Crippen molar-refractivity contribution >= 4 is 17.3 Å². The third-order valence-electron chi connectivity index (χ3n) is 3.17. The predicted octanol–water partition coefficient (Wildman–Crippen LogP) is 4.69. The molecule has 1 N–H and O–H groups in total. The summed E-state index contributed by atoms with van der Waals surface area (Å²) >= 11 is 6.08. The van der Waals surface area contributed by atoms with Gasteiger partial charge in [0.05, 0.1) is 12.2 Å². The highest BCUT2D eigenvalue weighted by Gasteiger charge is 2.09. The van der Waals surface area contributed by atoms with Crippen LogP contribution in [0.2, 0.25) is 5.02 Å². The Kier molecular flexibility index (Phi) is 4.78. The van der Waals surface area contributed by atoms with E-state index in [9.17, 15) is 0 Å². The molecule has 0 amide bonds. The van der Waals surface area contributed by atoms with Crippen LogP contribution in [0.5, 0.6) is 11.5 Å². The quantitative estimate of drug-likeness (QED) is 0.711. The van der Waals surface area contributed by atoms with Crippen LogP contribution in [-0.2, 0) is 13.0 Å². The van der Waals surface area contributed by atoms with E-state index in [1.165, 1.54) is 0 Å². The highest BCUT2D eigenvalue weighted by atomic mass is 35.5. The van der Waals surface area contributed by atoms with E-state index in [1.807, 2.05) is 43.3 Å². The lowest BCUT2D eigenvalue weighted by Crippen LogP contribution is -2.01. The molecule has 1 heterocycles. The number of aromatic nitrogens is 2. The zero-order valence-corrected chi connectivity index (χ0v) is 13.4. The van der Waals surface area contributed by atoms with Crippen molar-refractivity contribution in [2.45, 2.75) is 19.9 Å². The van der Waals surface area contributed by atoms with Gasteiger partial charge in [-0.15, -0.1) is 0 Å². The average molecular weight is 330 g/mol. The summed E-state index contributed by atoms with van der Waals surface area (Å²) in [5.41, 5.74) is 0.762. The highest BCUT2D eigenvalue weighted by Crippen LogP contribution is 2.32. The number of hydrogen-bond acceptors (Lipinski definition) is 5. The van der Waals surface area contributed by atoms with E-state index in [4.69, 9.17) is 20.9 Å². The van der Waals surface area contributed by atoms with Crippen molar-refractivity contribution in [1.82, 2.24) is 10.1 Å². The number of nitrogens with zero attached hydrogens (tertiary/aromatic N) is 2. The van der Waals surface area contributed by atoms with Crippen molar-refractivity contribution < 1.29 is 9.26 Å². The molecule has 23 heavy (non-hydrogen) atoms. The van der Waals surface area contributed by atoms with Crippen LogP contribution in [0.4, 0.5) is 5.69 Å². The Labute approximate surface area is 139 Å². The minimum absolute atomic E-state index is 0.401. The second-order valence-corrected chi connectivity index (χ2v) is 5.30. The maximum Gasteiger partial charge on any atom is 0.245 e. The predicted molar refractivity (Wildman–Crippen MR) is 89.0 cm³/mol. The standard InChI is InChI=1S/C17H16ClN3O2/c1-2-16-20-17(23-21-16)11-19-14-10-12(18)8-9-15(14)22-13-6-4-3-5-7-13/h3-10,19H,2,11H2,1H3. The largest absolute Gasteiger partial charge is 0.455 e. The van der Waals surface area contributed by atoms with E-state index in [1.54, 1.807) is 12.1 Å². The molecular formula is C17H16ClN3O2. The number of aryl methyl sites for hydroxylation is 1. The lowest BCUT2D eigenvalue weighted by molar-refractivity contribution is 0.378. The van der Waals surface area contributed by atoms with Gasteiger partial charge in [-0.1, -0.05) is 41.9 Å². The number of benzene rings is 2. The SMILES string of the molecule is CCc1noc(CNc2cc(Cl)ccc2Oc2ccccc2)n1. The lowest BCUT2D eigenvalue weighted by Gasteiger charge is -2.12. The minimum atomic E-state index is 0.401. The molecule has 1 aromatic heterocycles. The summed E-state index contributed by atoms with van der Waals surface area (Å²) in [5, 5.41) is 7.71.